The maximum Gasteiger partial charge on any atom is 0.267 e. The van der Waals surface area contributed by atoms with E-state index < -0.39 is 6.04 Å². The third-order valence-electron chi connectivity index (χ3n) is 4.45. The van der Waals surface area contributed by atoms with E-state index in [-0.39, 0.29) is 11.5 Å². The SMILES string of the molecule is CCOc1ccc(-c2ccc(=O)n(C(C)C(=O)NCCOc3ccccc3)n2)cc1. The van der Waals surface area contributed by atoms with Gasteiger partial charge in [0.25, 0.3) is 5.56 Å². The molecule has 0 radical (unpaired) electrons. The Morgan fingerprint density at radius 3 is 2.40 bits per heavy atom. The van der Waals surface area contributed by atoms with Crippen molar-refractivity contribution in [1.82, 2.24) is 15.1 Å². The zero-order chi connectivity index (χ0) is 21.3. The van der Waals surface area contributed by atoms with E-state index in [0.29, 0.717) is 25.5 Å². The molecule has 0 bridgehead atoms. The normalized spacial score (nSPS) is 11.5. The summed E-state index contributed by atoms with van der Waals surface area (Å²) in [7, 11) is 0. The van der Waals surface area contributed by atoms with E-state index in [1.807, 2.05) is 61.5 Å². The van der Waals surface area contributed by atoms with Gasteiger partial charge in [0.1, 0.15) is 24.1 Å². The number of carbonyl (C=O) groups is 1. The molecule has 1 atom stereocenters. The average Bonchev–Trinajstić information content (AvgIpc) is 2.78. The van der Waals surface area contributed by atoms with E-state index in [9.17, 15) is 9.59 Å². The number of rotatable bonds is 9. The van der Waals surface area contributed by atoms with Crippen molar-refractivity contribution in [1.29, 1.82) is 0 Å². The first-order valence-corrected chi connectivity index (χ1v) is 9.87. The molecule has 0 fully saturated rings. The summed E-state index contributed by atoms with van der Waals surface area (Å²) in [4.78, 5) is 24.8. The quantitative estimate of drug-likeness (QED) is 0.551. The van der Waals surface area contributed by atoms with Crippen molar-refractivity contribution in [3.63, 3.8) is 0 Å². The van der Waals surface area contributed by atoms with Crippen molar-refractivity contribution in [3.8, 4) is 22.8 Å². The number of hydrogen-bond donors (Lipinski definition) is 1. The van der Waals surface area contributed by atoms with Gasteiger partial charge < -0.3 is 14.8 Å². The maximum absolute atomic E-state index is 12.5. The minimum absolute atomic E-state index is 0.301. The highest BCUT2D eigenvalue weighted by molar-refractivity contribution is 5.79. The van der Waals surface area contributed by atoms with E-state index in [4.69, 9.17) is 9.47 Å². The third kappa shape index (κ3) is 5.47. The Morgan fingerprint density at radius 2 is 1.70 bits per heavy atom. The zero-order valence-electron chi connectivity index (χ0n) is 17.1. The number of para-hydroxylation sites is 1. The largest absolute Gasteiger partial charge is 0.494 e. The summed E-state index contributed by atoms with van der Waals surface area (Å²) in [5, 5.41) is 7.17. The van der Waals surface area contributed by atoms with Crippen LogP contribution in [-0.2, 0) is 4.79 Å². The first kappa shape index (κ1) is 21.1. The second-order valence-electron chi connectivity index (χ2n) is 6.59. The molecule has 2 aromatic carbocycles. The molecule has 0 saturated heterocycles. The van der Waals surface area contributed by atoms with Gasteiger partial charge >= 0.3 is 0 Å². The number of hydrogen-bond acceptors (Lipinski definition) is 5. The highest BCUT2D eigenvalue weighted by Crippen LogP contribution is 2.20. The maximum atomic E-state index is 12.5. The van der Waals surface area contributed by atoms with Crippen LogP contribution in [0.5, 0.6) is 11.5 Å². The van der Waals surface area contributed by atoms with Crippen LogP contribution in [0.3, 0.4) is 0 Å². The Hall–Kier alpha value is -3.61. The van der Waals surface area contributed by atoms with Crippen LogP contribution < -0.4 is 20.3 Å². The lowest BCUT2D eigenvalue weighted by Crippen LogP contribution is -2.38. The Balaban J connectivity index is 1.63. The van der Waals surface area contributed by atoms with E-state index in [2.05, 4.69) is 10.4 Å². The molecule has 0 aliphatic carbocycles. The molecule has 30 heavy (non-hydrogen) atoms. The molecule has 1 heterocycles. The number of nitrogens with one attached hydrogen (secondary N) is 1. The fourth-order valence-electron chi connectivity index (χ4n) is 2.86. The lowest BCUT2D eigenvalue weighted by atomic mass is 10.1. The van der Waals surface area contributed by atoms with Crippen molar-refractivity contribution in [2.24, 2.45) is 0 Å². The smallest absolute Gasteiger partial charge is 0.267 e. The molecule has 7 nitrogen and oxygen atoms in total. The number of aromatic nitrogens is 2. The molecule has 3 rings (SSSR count). The van der Waals surface area contributed by atoms with E-state index in [1.165, 1.54) is 10.7 Å². The molecular weight excluding hydrogens is 382 g/mol. The van der Waals surface area contributed by atoms with Crippen LogP contribution in [0.15, 0.2) is 71.5 Å². The van der Waals surface area contributed by atoms with Crippen LogP contribution >= 0.6 is 0 Å². The standard InChI is InChI=1S/C23H25N3O4/c1-3-29-20-11-9-18(10-12-20)21-13-14-22(27)26(25-21)17(2)23(28)24-15-16-30-19-7-5-4-6-8-19/h4-14,17H,3,15-16H2,1-2H3,(H,24,28). The number of carbonyl (C=O) groups excluding carboxylic acids is 1. The molecule has 0 aliphatic rings. The summed E-state index contributed by atoms with van der Waals surface area (Å²) < 4.78 is 12.2. The van der Waals surface area contributed by atoms with Gasteiger partial charge in [0, 0.05) is 11.6 Å². The Morgan fingerprint density at radius 1 is 1.00 bits per heavy atom. The van der Waals surface area contributed by atoms with E-state index in [0.717, 1.165) is 17.1 Å². The van der Waals surface area contributed by atoms with Crippen molar-refractivity contribution >= 4 is 5.91 Å². The lowest BCUT2D eigenvalue weighted by molar-refractivity contribution is -0.124. The molecule has 1 unspecified atom stereocenters. The van der Waals surface area contributed by atoms with Gasteiger partial charge in [-0.15, -0.1) is 0 Å². The van der Waals surface area contributed by atoms with Crippen LogP contribution in [0.25, 0.3) is 11.3 Å². The number of nitrogens with zero attached hydrogens (tertiary/aromatic N) is 2. The summed E-state index contributed by atoms with van der Waals surface area (Å²) in [5.41, 5.74) is 1.09. The predicted molar refractivity (Wildman–Crippen MR) is 115 cm³/mol. The minimum Gasteiger partial charge on any atom is -0.494 e. The molecule has 1 aromatic heterocycles. The highest BCUT2D eigenvalue weighted by Gasteiger charge is 2.17. The Labute approximate surface area is 175 Å². The molecule has 156 valence electrons. The molecule has 7 heteroatoms. The van der Waals surface area contributed by atoms with Crippen LogP contribution in [0.4, 0.5) is 0 Å². The highest BCUT2D eigenvalue weighted by atomic mass is 16.5. The molecule has 0 spiro atoms. The Kier molecular flexibility index (Phi) is 7.21. The van der Waals surface area contributed by atoms with Crippen LogP contribution in [0.1, 0.15) is 19.9 Å². The van der Waals surface area contributed by atoms with Gasteiger partial charge in [-0.05, 0) is 56.3 Å². The first-order chi connectivity index (χ1) is 14.6. The van der Waals surface area contributed by atoms with E-state index >= 15 is 0 Å². The van der Waals surface area contributed by atoms with Crippen molar-refractivity contribution < 1.29 is 14.3 Å². The molecule has 1 N–H and O–H groups in total. The van der Waals surface area contributed by atoms with Crippen LogP contribution in [-0.4, -0.2) is 35.4 Å². The molecule has 0 saturated carbocycles. The topological polar surface area (TPSA) is 82.5 Å². The van der Waals surface area contributed by atoms with Gasteiger partial charge in [0.15, 0.2) is 0 Å². The fourth-order valence-corrected chi connectivity index (χ4v) is 2.86. The fraction of sp³-hybridized carbons (Fsp3) is 0.261. The van der Waals surface area contributed by atoms with Crippen molar-refractivity contribution in [2.75, 3.05) is 19.8 Å². The van der Waals surface area contributed by atoms with Gasteiger partial charge in [-0.3, -0.25) is 9.59 Å². The summed E-state index contributed by atoms with van der Waals surface area (Å²) in [6.07, 6.45) is 0. The first-order valence-electron chi connectivity index (χ1n) is 9.87. The molecule has 1 amide bonds. The van der Waals surface area contributed by atoms with Gasteiger partial charge in [-0.1, -0.05) is 18.2 Å². The zero-order valence-corrected chi connectivity index (χ0v) is 17.1. The van der Waals surface area contributed by atoms with Crippen LogP contribution in [0, 0.1) is 0 Å². The second kappa shape index (κ2) is 10.2. The minimum atomic E-state index is -0.753. The number of amides is 1. The van der Waals surface area contributed by atoms with Gasteiger partial charge in [0.05, 0.1) is 18.8 Å². The third-order valence-corrected chi connectivity index (χ3v) is 4.45. The number of ether oxygens (including phenoxy) is 2. The van der Waals surface area contributed by atoms with Crippen molar-refractivity contribution in [2.45, 2.75) is 19.9 Å². The predicted octanol–water partition coefficient (Wildman–Crippen LogP) is 3.07. The number of benzene rings is 2. The summed E-state index contributed by atoms with van der Waals surface area (Å²) in [6.45, 7) is 4.81. The van der Waals surface area contributed by atoms with Gasteiger partial charge in [-0.2, -0.15) is 5.10 Å². The van der Waals surface area contributed by atoms with Gasteiger partial charge in [0.2, 0.25) is 5.91 Å². The van der Waals surface area contributed by atoms with Crippen LogP contribution in [0.2, 0.25) is 0 Å². The van der Waals surface area contributed by atoms with E-state index in [1.54, 1.807) is 13.0 Å². The summed E-state index contributed by atoms with van der Waals surface area (Å²) in [5.74, 6) is 1.20. The molecule has 3 aromatic rings. The van der Waals surface area contributed by atoms with Crippen molar-refractivity contribution in [3.05, 3.63) is 77.1 Å². The van der Waals surface area contributed by atoms with Gasteiger partial charge in [-0.25, -0.2) is 4.68 Å². The second-order valence-corrected chi connectivity index (χ2v) is 6.59. The molecular formula is C23H25N3O4. The Bertz CT molecular complexity index is 1020. The summed E-state index contributed by atoms with van der Waals surface area (Å²) >= 11 is 0. The average molecular weight is 407 g/mol. The summed E-state index contributed by atoms with van der Waals surface area (Å²) in [6, 6.07) is 19.1. The molecule has 0 aliphatic heterocycles. The lowest BCUT2D eigenvalue weighted by Gasteiger charge is -2.15. The monoisotopic (exact) mass is 407 g/mol.